The molecule has 10 heteroatoms. The number of aliphatic hydroxyl groups excluding tert-OH is 1. The smallest absolute Gasteiger partial charge is 0.393 e. The van der Waals surface area contributed by atoms with Crippen molar-refractivity contribution in [3.8, 4) is 0 Å². The van der Waals surface area contributed by atoms with Crippen molar-refractivity contribution in [2.24, 2.45) is 5.92 Å². The minimum Gasteiger partial charge on any atom is -0.393 e. The van der Waals surface area contributed by atoms with Crippen molar-refractivity contribution in [1.82, 2.24) is 19.8 Å². The second kappa shape index (κ2) is 9.89. The molecule has 0 bridgehead atoms. The van der Waals surface area contributed by atoms with Crippen LogP contribution in [0.2, 0.25) is 0 Å². The van der Waals surface area contributed by atoms with Crippen LogP contribution in [0.4, 0.5) is 19.0 Å². The van der Waals surface area contributed by atoms with Crippen LogP contribution < -0.4 is 5.32 Å². The lowest BCUT2D eigenvalue weighted by Crippen LogP contribution is -2.53. The monoisotopic (exact) mass is 493 g/mol. The van der Waals surface area contributed by atoms with Gasteiger partial charge < -0.3 is 20.2 Å². The Kier molecular flexibility index (Phi) is 7.24. The summed E-state index contributed by atoms with van der Waals surface area (Å²) in [6, 6.07) is 3.42. The molecule has 1 aliphatic carbocycles. The zero-order chi connectivity index (χ0) is 25.5. The summed E-state index contributed by atoms with van der Waals surface area (Å²) in [5.41, 5.74) is -0.412. The first-order valence-corrected chi connectivity index (χ1v) is 12.3. The van der Waals surface area contributed by atoms with Gasteiger partial charge in [0.1, 0.15) is 18.2 Å². The lowest BCUT2D eigenvalue weighted by molar-refractivity contribution is -0.137. The van der Waals surface area contributed by atoms with Crippen molar-refractivity contribution < 1.29 is 23.1 Å². The van der Waals surface area contributed by atoms with Crippen LogP contribution in [-0.4, -0.2) is 74.6 Å². The number of amides is 1. The molecule has 0 radical (unpaired) electrons. The van der Waals surface area contributed by atoms with Crippen LogP contribution >= 0.6 is 0 Å². The SMILES string of the molecule is CC(O)C1CC(N(C)C(C)C)CCC1N1CCC(Nc2ncnc3ccc(C(F)(F)F)cc23)C1=O. The van der Waals surface area contributed by atoms with Crippen LogP contribution in [0.15, 0.2) is 24.5 Å². The Labute approximate surface area is 203 Å². The number of aliphatic hydroxyl groups is 1. The van der Waals surface area contributed by atoms with Crippen molar-refractivity contribution in [2.45, 2.75) is 82.9 Å². The fourth-order valence-electron chi connectivity index (χ4n) is 5.54. The van der Waals surface area contributed by atoms with E-state index >= 15 is 0 Å². The summed E-state index contributed by atoms with van der Waals surface area (Å²) in [5.74, 6) is 0.0811. The van der Waals surface area contributed by atoms with Crippen molar-refractivity contribution in [2.75, 3.05) is 18.9 Å². The molecular formula is C25H34F3N5O2. The fraction of sp³-hybridized carbons (Fsp3) is 0.640. The highest BCUT2D eigenvalue weighted by Gasteiger charge is 2.44. The van der Waals surface area contributed by atoms with Gasteiger partial charge in [-0.2, -0.15) is 13.2 Å². The summed E-state index contributed by atoms with van der Waals surface area (Å²) in [7, 11) is 2.10. The normalized spacial score (nSPS) is 26.7. The Morgan fingerprint density at radius 1 is 1.17 bits per heavy atom. The molecule has 7 nitrogen and oxygen atoms in total. The van der Waals surface area contributed by atoms with Gasteiger partial charge >= 0.3 is 6.18 Å². The van der Waals surface area contributed by atoms with E-state index < -0.39 is 23.9 Å². The van der Waals surface area contributed by atoms with Gasteiger partial charge in [-0.3, -0.25) is 4.79 Å². The first-order chi connectivity index (χ1) is 16.5. The molecule has 192 valence electrons. The van der Waals surface area contributed by atoms with Crippen molar-refractivity contribution in [1.29, 1.82) is 0 Å². The second-order valence-electron chi connectivity index (χ2n) is 10.2. The van der Waals surface area contributed by atoms with E-state index in [4.69, 9.17) is 0 Å². The Hall–Kier alpha value is -2.46. The van der Waals surface area contributed by atoms with Gasteiger partial charge in [0, 0.05) is 36.0 Å². The Morgan fingerprint density at radius 3 is 2.57 bits per heavy atom. The third-order valence-corrected chi connectivity index (χ3v) is 7.76. The van der Waals surface area contributed by atoms with E-state index in [1.54, 1.807) is 6.92 Å². The van der Waals surface area contributed by atoms with Crippen LogP contribution in [0, 0.1) is 5.92 Å². The van der Waals surface area contributed by atoms with Crippen LogP contribution in [0.1, 0.15) is 52.0 Å². The third-order valence-electron chi connectivity index (χ3n) is 7.76. The van der Waals surface area contributed by atoms with E-state index in [-0.39, 0.29) is 29.1 Å². The molecule has 1 saturated carbocycles. The molecule has 2 aromatic rings. The molecular weight excluding hydrogens is 459 g/mol. The number of halogens is 3. The summed E-state index contributed by atoms with van der Waals surface area (Å²) >= 11 is 0. The maximum absolute atomic E-state index is 13.4. The highest BCUT2D eigenvalue weighted by atomic mass is 19.4. The molecule has 2 fully saturated rings. The number of likely N-dealkylation sites (tertiary alicyclic amines) is 1. The molecule has 0 spiro atoms. The fourth-order valence-corrected chi connectivity index (χ4v) is 5.54. The number of aromatic nitrogens is 2. The highest BCUT2D eigenvalue weighted by Crippen LogP contribution is 2.37. The van der Waals surface area contributed by atoms with Crippen LogP contribution in [-0.2, 0) is 11.0 Å². The van der Waals surface area contributed by atoms with E-state index in [2.05, 4.69) is 41.1 Å². The van der Waals surface area contributed by atoms with Gasteiger partial charge in [0.05, 0.1) is 17.2 Å². The van der Waals surface area contributed by atoms with Gasteiger partial charge in [-0.15, -0.1) is 0 Å². The van der Waals surface area contributed by atoms with Crippen molar-refractivity contribution >= 4 is 22.6 Å². The summed E-state index contributed by atoms with van der Waals surface area (Å²) in [5, 5.41) is 13.9. The minimum atomic E-state index is -4.49. The number of benzene rings is 1. The number of nitrogens with zero attached hydrogens (tertiary/aromatic N) is 4. The zero-order valence-electron chi connectivity index (χ0n) is 20.6. The molecule has 2 heterocycles. The quantitative estimate of drug-likeness (QED) is 0.635. The minimum absolute atomic E-state index is 0.0353. The first-order valence-electron chi connectivity index (χ1n) is 12.3. The average molecular weight is 494 g/mol. The molecule has 2 aliphatic rings. The zero-order valence-corrected chi connectivity index (χ0v) is 20.6. The Bertz CT molecular complexity index is 1060. The van der Waals surface area contributed by atoms with Crippen molar-refractivity contribution in [3.63, 3.8) is 0 Å². The Balaban J connectivity index is 1.52. The van der Waals surface area contributed by atoms with Gasteiger partial charge in [-0.25, -0.2) is 9.97 Å². The van der Waals surface area contributed by atoms with Gasteiger partial charge in [0.25, 0.3) is 0 Å². The number of fused-ring (bicyclic) bond motifs is 1. The summed E-state index contributed by atoms with van der Waals surface area (Å²) in [6.07, 6.45) is -0.667. The molecule has 1 amide bonds. The second-order valence-corrected chi connectivity index (χ2v) is 10.2. The van der Waals surface area contributed by atoms with Gasteiger partial charge in [0.2, 0.25) is 5.91 Å². The van der Waals surface area contributed by atoms with E-state index in [1.165, 1.54) is 12.4 Å². The van der Waals surface area contributed by atoms with Crippen LogP contribution in [0.5, 0.6) is 0 Å². The number of anilines is 1. The first kappa shape index (κ1) is 25.6. The van der Waals surface area contributed by atoms with Gasteiger partial charge in [-0.05, 0) is 71.7 Å². The Morgan fingerprint density at radius 2 is 1.91 bits per heavy atom. The lowest BCUT2D eigenvalue weighted by Gasteiger charge is -2.45. The number of hydrogen-bond donors (Lipinski definition) is 2. The number of rotatable bonds is 6. The predicted octanol–water partition coefficient (Wildman–Crippen LogP) is 3.92. The summed E-state index contributed by atoms with van der Waals surface area (Å²) in [4.78, 5) is 25.8. The van der Waals surface area contributed by atoms with Crippen LogP contribution in [0.25, 0.3) is 10.9 Å². The molecule has 1 aromatic carbocycles. The number of hydrogen-bond acceptors (Lipinski definition) is 6. The van der Waals surface area contributed by atoms with E-state index in [9.17, 15) is 23.1 Å². The molecule has 5 atom stereocenters. The van der Waals surface area contributed by atoms with Gasteiger partial charge in [-0.1, -0.05) is 0 Å². The summed E-state index contributed by atoms with van der Waals surface area (Å²) < 4.78 is 39.7. The topological polar surface area (TPSA) is 81.6 Å². The predicted molar refractivity (Wildman–Crippen MR) is 128 cm³/mol. The number of nitrogens with one attached hydrogen (secondary N) is 1. The number of alkyl halides is 3. The van der Waals surface area contributed by atoms with E-state index in [1.807, 2.05) is 4.90 Å². The largest absolute Gasteiger partial charge is 0.416 e. The average Bonchev–Trinajstić information content (AvgIpc) is 3.17. The maximum atomic E-state index is 13.4. The molecule has 5 unspecified atom stereocenters. The highest BCUT2D eigenvalue weighted by molar-refractivity contribution is 5.93. The molecule has 1 aliphatic heterocycles. The van der Waals surface area contributed by atoms with E-state index in [0.717, 1.165) is 31.4 Å². The van der Waals surface area contributed by atoms with E-state index in [0.29, 0.717) is 30.6 Å². The van der Waals surface area contributed by atoms with Gasteiger partial charge in [0.15, 0.2) is 0 Å². The number of carbonyl (C=O) groups is 1. The molecule has 1 saturated heterocycles. The molecule has 1 aromatic heterocycles. The van der Waals surface area contributed by atoms with Crippen LogP contribution in [0.3, 0.4) is 0 Å². The maximum Gasteiger partial charge on any atom is 0.416 e. The lowest BCUT2D eigenvalue weighted by atomic mass is 9.77. The standard InChI is InChI=1S/C25H34F3N5O2/c1-14(2)32(4)17-6-8-22(18(12-17)15(3)34)33-10-9-21(24(33)35)31-23-19-11-16(25(26,27)28)5-7-20(19)29-13-30-23/h5,7,11,13-15,17-18,21-22,34H,6,8-10,12H2,1-4H3,(H,29,30,31). The molecule has 4 rings (SSSR count). The molecule has 35 heavy (non-hydrogen) atoms. The third kappa shape index (κ3) is 5.23. The molecule has 2 N–H and O–H groups in total. The van der Waals surface area contributed by atoms with Crippen molar-refractivity contribution in [3.05, 3.63) is 30.1 Å². The summed E-state index contributed by atoms with van der Waals surface area (Å²) in [6.45, 7) is 6.62. The number of carbonyl (C=O) groups excluding carboxylic acids is 1.